The highest BCUT2D eigenvalue weighted by atomic mass is 127. The molecule has 1 aromatic rings. The topological polar surface area (TPSA) is 95.9 Å². The van der Waals surface area contributed by atoms with E-state index >= 15 is 0 Å². The number of hydrogen-bond acceptors (Lipinski definition) is 6. The van der Waals surface area contributed by atoms with Gasteiger partial charge in [-0.3, -0.25) is 4.79 Å². The average Bonchev–Trinajstić information content (AvgIpc) is 2.51. The Hall–Kier alpha value is -1.04. The molecule has 6 nitrogen and oxygen atoms in total. The molecule has 0 amide bonds. The van der Waals surface area contributed by atoms with Crippen molar-refractivity contribution in [3.63, 3.8) is 0 Å². The van der Waals surface area contributed by atoms with Crippen LogP contribution in [0.1, 0.15) is 10.4 Å². The highest BCUT2D eigenvalue weighted by molar-refractivity contribution is 14.1. The van der Waals surface area contributed by atoms with Crippen LogP contribution in [-0.2, 0) is 14.3 Å². The molecule has 0 aromatic heterocycles. The van der Waals surface area contributed by atoms with Crippen molar-refractivity contribution in [2.75, 3.05) is 13.2 Å². The van der Waals surface area contributed by atoms with Crippen LogP contribution in [0.2, 0.25) is 0 Å². The lowest BCUT2D eigenvalue weighted by molar-refractivity contribution is -0.574. The standard InChI is InChI=1S/C13H7F6I2O6/c14-12(15,16)11(25,13(17,18)19)10(24)27-2-1-26-9(23)6-3-5(20)4-7(21)8(6)22/h3-4,22H,1-2H2/q-1. The smallest absolute Gasteiger partial charge is 0.399 e. The molecule has 0 aliphatic heterocycles. The van der Waals surface area contributed by atoms with Crippen molar-refractivity contribution in [3.05, 3.63) is 24.8 Å². The highest BCUT2D eigenvalue weighted by Crippen LogP contribution is 2.41. The van der Waals surface area contributed by atoms with Gasteiger partial charge in [-0.05, 0) is 57.3 Å². The third-order valence-corrected chi connectivity index (χ3v) is 4.33. The maximum atomic E-state index is 12.4. The predicted molar refractivity (Wildman–Crippen MR) is 89.6 cm³/mol. The van der Waals surface area contributed by atoms with Crippen LogP contribution < -0.4 is 5.11 Å². The van der Waals surface area contributed by atoms with Crippen LogP contribution in [-0.4, -0.2) is 48.2 Å². The van der Waals surface area contributed by atoms with E-state index in [1.807, 2.05) is 22.6 Å². The van der Waals surface area contributed by atoms with Crippen molar-refractivity contribution < 1.29 is 55.6 Å². The molecule has 0 bridgehead atoms. The minimum atomic E-state index is -6.48. The second kappa shape index (κ2) is 8.54. The van der Waals surface area contributed by atoms with Crippen molar-refractivity contribution in [2.45, 2.75) is 18.0 Å². The first-order chi connectivity index (χ1) is 12.1. The van der Waals surface area contributed by atoms with Gasteiger partial charge in [-0.25, -0.2) is 4.79 Å². The summed E-state index contributed by atoms with van der Waals surface area (Å²) in [4.78, 5) is 22.8. The Balaban J connectivity index is 2.73. The Morgan fingerprint density at radius 2 is 1.48 bits per heavy atom. The molecule has 0 aliphatic carbocycles. The summed E-state index contributed by atoms with van der Waals surface area (Å²) >= 11 is 3.52. The lowest BCUT2D eigenvalue weighted by atomic mass is 10.0. The number of rotatable bonds is 5. The van der Waals surface area contributed by atoms with E-state index in [-0.39, 0.29) is 9.13 Å². The van der Waals surface area contributed by atoms with E-state index in [0.29, 0.717) is 3.57 Å². The van der Waals surface area contributed by atoms with E-state index in [0.717, 1.165) is 0 Å². The Labute approximate surface area is 174 Å². The average molecular weight is 627 g/mol. The lowest BCUT2D eigenvalue weighted by Gasteiger charge is -2.40. The van der Waals surface area contributed by atoms with Gasteiger partial charge in [0.25, 0.3) is 0 Å². The van der Waals surface area contributed by atoms with E-state index in [4.69, 9.17) is 0 Å². The summed E-state index contributed by atoms with van der Waals surface area (Å²) in [5, 5.41) is 20.8. The van der Waals surface area contributed by atoms with Gasteiger partial charge >= 0.3 is 24.3 Å². The summed E-state index contributed by atoms with van der Waals surface area (Å²) in [6, 6.07) is 2.72. The number of esters is 2. The Morgan fingerprint density at radius 3 is 1.96 bits per heavy atom. The molecule has 14 heteroatoms. The number of alkyl halides is 6. The molecule has 0 aliphatic rings. The summed E-state index contributed by atoms with van der Waals surface area (Å²) in [6.07, 6.45) is -13.0. The number of phenols is 1. The van der Waals surface area contributed by atoms with Gasteiger partial charge in [0.2, 0.25) is 0 Å². The zero-order valence-corrected chi connectivity index (χ0v) is 16.9. The Morgan fingerprint density at radius 1 is 1.00 bits per heavy atom. The second-order valence-electron chi connectivity index (χ2n) is 4.73. The quantitative estimate of drug-likeness (QED) is 0.234. The van der Waals surface area contributed by atoms with Gasteiger partial charge in [0.05, 0.1) is 3.57 Å². The van der Waals surface area contributed by atoms with Crippen LogP contribution in [0.5, 0.6) is 5.75 Å². The van der Waals surface area contributed by atoms with Gasteiger partial charge in [-0.15, -0.1) is 0 Å². The number of phenolic OH excluding ortho intramolecular Hbond substituents is 1. The second-order valence-corrected chi connectivity index (χ2v) is 7.14. The van der Waals surface area contributed by atoms with E-state index in [9.17, 15) is 46.1 Å². The third-order valence-electron chi connectivity index (χ3n) is 2.88. The highest BCUT2D eigenvalue weighted by Gasteiger charge is 2.68. The number of halogens is 8. The molecule has 27 heavy (non-hydrogen) atoms. The summed E-state index contributed by atoms with van der Waals surface area (Å²) in [7, 11) is 0. The SMILES string of the molecule is O=C(OCCOC(=O)C([O-])(C(F)(F)F)C(F)(F)F)c1cc(I)cc(I)c1O. The van der Waals surface area contributed by atoms with Crippen LogP contribution in [0.4, 0.5) is 26.3 Å². The fraction of sp³-hybridized carbons (Fsp3) is 0.385. The largest absolute Gasteiger partial charge is 0.828 e. The summed E-state index contributed by atoms with van der Waals surface area (Å²) in [5.41, 5.74) is -6.28. The number of benzene rings is 1. The number of aromatic hydroxyl groups is 1. The van der Waals surface area contributed by atoms with Crippen molar-refractivity contribution in [2.24, 2.45) is 0 Å². The summed E-state index contributed by atoms with van der Waals surface area (Å²) < 4.78 is 83.3. The first-order valence-electron chi connectivity index (χ1n) is 6.49. The van der Waals surface area contributed by atoms with Crippen LogP contribution >= 0.6 is 45.2 Å². The molecule has 152 valence electrons. The zero-order valence-electron chi connectivity index (χ0n) is 12.6. The fourth-order valence-corrected chi connectivity index (χ4v) is 3.41. The molecule has 0 radical (unpaired) electrons. The molecule has 1 rings (SSSR count). The van der Waals surface area contributed by atoms with Crippen molar-refractivity contribution in [1.29, 1.82) is 0 Å². The summed E-state index contributed by atoms with van der Waals surface area (Å²) in [6.45, 7) is -2.18. The van der Waals surface area contributed by atoms with E-state index in [1.54, 1.807) is 22.6 Å². The minimum absolute atomic E-state index is 0.282. The molecular weight excluding hydrogens is 620 g/mol. The van der Waals surface area contributed by atoms with Crippen LogP contribution in [0, 0.1) is 7.14 Å². The molecule has 1 aromatic carbocycles. The molecule has 0 saturated heterocycles. The number of hydrogen-bond donors (Lipinski definition) is 1. The minimum Gasteiger partial charge on any atom is -0.828 e. The molecular formula is C13H7F6I2O6-. The van der Waals surface area contributed by atoms with Gasteiger partial charge in [0, 0.05) is 3.57 Å². The van der Waals surface area contributed by atoms with Gasteiger partial charge < -0.3 is 19.7 Å². The number of carbonyl (C=O) groups is 2. The lowest BCUT2D eigenvalue weighted by Crippen LogP contribution is -2.71. The van der Waals surface area contributed by atoms with Crippen molar-refractivity contribution in [1.82, 2.24) is 0 Å². The van der Waals surface area contributed by atoms with Gasteiger partial charge in [0.1, 0.15) is 24.5 Å². The Bertz CT molecular complexity index is 719. The third kappa shape index (κ3) is 5.27. The van der Waals surface area contributed by atoms with Gasteiger partial charge in [0.15, 0.2) is 5.60 Å². The Kier molecular flexibility index (Phi) is 7.59. The number of carbonyl (C=O) groups excluding carboxylic acids is 2. The molecule has 0 saturated carbocycles. The molecule has 1 N–H and O–H groups in total. The normalized spacial score (nSPS) is 12.6. The monoisotopic (exact) mass is 627 g/mol. The molecule has 0 fully saturated rings. The fourth-order valence-electron chi connectivity index (χ4n) is 1.56. The van der Waals surface area contributed by atoms with Crippen LogP contribution in [0.15, 0.2) is 12.1 Å². The molecule has 0 unspecified atom stereocenters. The summed E-state index contributed by atoms with van der Waals surface area (Å²) in [5.74, 6) is -4.74. The maximum Gasteiger partial charge on any atom is 0.399 e. The van der Waals surface area contributed by atoms with Gasteiger partial charge in [-0.1, -0.05) is 0 Å². The molecule has 0 heterocycles. The number of ether oxygens (including phenoxy) is 2. The maximum absolute atomic E-state index is 12.4. The first-order valence-corrected chi connectivity index (χ1v) is 8.65. The van der Waals surface area contributed by atoms with E-state index < -0.39 is 48.9 Å². The van der Waals surface area contributed by atoms with Crippen molar-refractivity contribution >= 4 is 57.1 Å². The molecule has 0 spiro atoms. The van der Waals surface area contributed by atoms with Crippen LogP contribution in [0.25, 0.3) is 0 Å². The predicted octanol–water partition coefficient (Wildman–Crippen LogP) is 2.53. The molecule has 0 atom stereocenters. The van der Waals surface area contributed by atoms with Crippen LogP contribution in [0.3, 0.4) is 0 Å². The first kappa shape index (κ1) is 24.0. The van der Waals surface area contributed by atoms with Gasteiger partial charge in [-0.2, -0.15) is 26.3 Å². The van der Waals surface area contributed by atoms with E-state index in [1.165, 1.54) is 12.1 Å². The zero-order chi connectivity index (χ0) is 21.2. The van der Waals surface area contributed by atoms with Crippen molar-refractivity contribution in [3.8, 4) is 5.75 Å². The van der Waals surface area contributed by atoms with E-state index in [2.05, 4.69) is 9.47 Å².